The molecule has 0 heterocycles. The van der Waals surface area contributed by atoms with E-state index in [1.807, 2.05) is 35.2 Å². The van der Waals surface area contributed by atoms with Crippen molar-refractivity contribution in [3.05, 3.63) is 30.3 Å². The highest BCUT2D eigenvalue weighted by Gasteiger charge is 2.10. The van der Waals surface area contributed by atoms with Gasteiger partial charge >= 0.3 is 0 Å². The Morgan fingerprint density at radius 1 is 1.27 bits per heavy atom. The molecule has 1 rings (SSSR count). The number of hydrogen-bond donors (Lipinski definition) is 0. The van der Waals surface area contributed by atoms with Gasteiger partial charge < -0.3 is 4.90 Å². The summed E-state index contributed by atoms with van der Waals surface area (Å²) >= 11 is 0. The topological polar surface area (TPSA) is 20.3 Å². The third-order valence-corrected chi connectivity index (χ3v) is 2.38. The molecule has 0 aromatic heterocycles. The predicted octanol–water partition coefficient (Wildman–Crippen LogP) is 3.09. The molecular formula is C13H19NO. The second kappa shape index (κ2) is 5.54. The van der Waals surface area contributed by atoms with Gasteiger partial charge in [0.05, 0.1) is 0 Å². The Morgan fingerprint density at radius 2 is 1.87 bits per heavy atom. The van der Waals surface area contributed by atoms with Gasteiger partial charge in [-0.1, -0.05) is 32.0 Å². The van der Waals surface area contributed by atoms with E-state index in [4.69, 9.17) is 0 Å². The summed E-state index contributed by atoms with van der Waals surface area (Å²) in [6.07, 6.45) is 1.04. The summed E-state index contributed by atoms with van der Waals surface area (Å²) in [5.74, 6) is 0.734. The number of carbonyl (C=O) groups is 1. The highest BCUT2D eigenvalue weighted by Crippen LogP contribution is 2.15. The van der Waals surface area contributed by atoms with Crippen molar-refractivity contribution in [1.29, 1.82) is 0 Å². The highest BCUT2D eigenvalue weighted by molar-refractivity contribution is 5.91. The maximum atomic E-state index is 11.5. The Kier molecular flexibility index (Phi) is 4.35. The Bertz CT molecular complexity index is 306. The molecule has 0 aliphatic carbocycles. The second-order valence-electron chi connectivity index (χ2n) is 4.19. The standard InChI is InChI=1S/C13H19NO/c1-11(2)9-10-14(12(3)15)13-7-5-4-6-8-13/h4-8,11H,9-10H2,1-3H3. The van der Waals surface area contributed by atoms with E-state index in [-0.39, 0.29) is 5.91 Å². The number of para-hydroxylation sites is 1. The third-order valence-electron chi connectivity index (χ3n) is 2.38. The quantitative estimate of drug-likeness (QED) is 0.739. The second-order valence-corrected chi connectivity index (χ2v) is 4.19. The zero-order valence-corrected chi connectivity index (χ0v) is 9.73. The van der Waals surface area contributed by atoms with Crippen LogP contribution in [0.25, 0.3) is 0 Å². The molecular weight excluding hydrogens is 186 g/mol. The van der Waals surface area contributed by atoms with E-state index in [0.29, 0.717) is 5.92 Å². The van der Waals surface area contributed by atoms with Gasteiger partial charge in [-0.25, -0.2) is 0 Å². The maximum absolute atomic E-state index is 11.5. The first-order valence-corrected chi connectivity index (χ1v) is 5.44. The molecule has 0 spiro atoms. The lowest BCUT2D eigenvalue weighted by Gasteiger charge is -2.22. The molecule has 0 saturated heterocycles. The Labute approximate surface area is 91.9 Å². The van der Waals surface area contributed by atoms with Crippen molar-refractivity contribution >= 4 is 11.6 Å². The summed E-state index contributed by atoms with van der Waals surface area (Å²) in [6.45, 7) is 6.76. The molecule has 0 fully saturated rings. The van der Waals surface area contributed by atoms with Gasteiger partial charge in [-0.15, -0.1) is 0 Å². The van der Waals surface area contributed by atoms with Gasteiger partial charge in [0.1, 0.15) is 0 Å². The van der Waals surface area contributed by atoms with Gasteiger partial charge in [-0.05, 0) is 24.5 Å². The highest BCUT2D eigenvalue weighted by atomic mass is 16.2. The zero-order valence-electron chi connectivity index (χ0n) is 9.73. The first-order chi connectivity index (χ1) is 7.11. The molecule has 1 aromatic carbocycles. The van der Waals surface area contributed by atoms with Gasteiger partial charge in [0.2, 0.25) is 5.91 Å². The fraction of sp³-hybridized carbons (Fsp3) is 0.462. The van der Waals surface area contributed by atoms with Crippen LogP contribution < -0.4 is 4.90 Å². The molecule has 0 aliphatic rings. The summed E-state index contributed by atoms with van der Waals surface area (Å²) < 4.78 is 0. The minimum Gasteiger partial charge on any atom is -0.313 e. The lowest BCUT2D eigenvalue weighted by Crippen LogP contribution is -2.30. The maximum Gasteiger partial charge on any atom is 0.223 e. The summed E-state index contributed by atoms with van der Waals surface area (Å²) in [4.78, 5) is 13.3. The average Bonchev–Trinajstić information content (AvgIpc) is 2.18. The Balaban J connectivity index is 2.71. The number of nitrogens with zero attached hydrogens (tertiary/aromatic N) is 1. The average molecular weight is 205 g/mol. The van der Waals surface area contributed by atoms with Crippen LogP contribution in [0.15, 0.2) is 30.3 Å². The monoisotopic (exact) mass is 205 g/mol. The summed E-state index contributed by atoms with van der Waals surface area (Å²) in [6, 6.07) is 9.83. The smallest absolute Gasteiger partial charge is 0.223 e. The van der Waals surface area contributed by atoms with Crippen molar-refractivity contribution in [2.75, 3.05) is 11.4 Å². The van der Waals surface area contributed by atoms with E-state index in [1.165, 1.54) is 0 Å². The Hall–Kier alpha value is -1.31. The van der Waals surface area contributed by atoms with Crippen LogP contribution in [0.1, 0.15) is 27.2 Å². The fourth-order valence-electron chi connectivity index (χ4n) is 1.46. The van der Waals surface area contributed by atoms with Gasteiger partial charge in [0.15, 0.2) is 0 Å². The molecule has 0 saturated carbocycles. The molecule has 2 heteroatoms. The first kappa shape index (κ1) is 11.8. The number of hydrogen-bond acceptors (Lipinski definition) is 1. The number of rotatable bonds is 4. The molecule has 2 nitrogen and oxygen atoms in total. The van der Waals surface area contributed by atoms with Gasteiger partial charge in [-0.3, -0.25) is 4.79 Å². The van der Waals surface area contributed by atoms with Crippen molar-refractivity contribution in [3.63, 3.8) is 0 Å². The van der Waals surface area contributed by atoms with Crippen LogP contribution in [-0.4, -0.2) is 12.5 Å². The van der Waals surface area contributed by atoms with Crippen LogP contribution in [0.3, 0.4) is 0 Å². The largest absolute Gasteiger partial charge is 0.313 e. The number of benzene rings is 1. The summed E-state index contributed by atoms with van der Waals surface area (Å²) in [5.41, 5.74) is 0.991. The van der Waals surface area contributed by atoms with E-state index in [2.05, 4.69) is 13.8 Å². The van der Waals surface area contributed by atoms with Crippen molar-refractivity contribution in [2.24, 2.45) is 5.92 Å². The predicted molar refractivity (Wildman–Crippen MR) is 63.9 cm³/mol. The van der Waals surface area contributed by atoms with Crippen LogP contribution in [0.4, 0.5) is 5.69 Å². The van der Waals surface area contributed by atoms with Crippen LogP contribution in [0.5, 0.6) is 0 Å². The molecule has 1 amide bonds. The minimum absolute atomic E-state index is 0.113. The molecule has 0 aliphatic heterocycles. The lowest BCUT2D eigenvalue weighted by molar-refractivity contribution is -0.116. The summed E-state index contributed by atoms with van der Waals surface area (Å²) in [7, 11) is 0. The van der Waals surface area contributed by atoms with Crippen molar-refractivity contribution in [1.82, 2.24) is 0 Å². The molecule has 1 aromatic rings. The third kappa shape index (κ3) is 3.74. The van der Waals surface area contributed by atoms with E-state index >= 15 is 0 Å². The van der Waals surface area contributed by atoms with Crippen LogP contribution >= 0.6 is 0 Å². The van der Waals surface area contributed by atoms with Crippen molar-refractivity contribution in [3.8, 4) is 0 Å². The SMILES string of the molecule is CC(=O)N(CCC(C)C)c1ccccc1. The Morgan fingerprint density at radius 3 is 2.33 bits per heavy atom. The molecule has 0 atom stereocenters. The number of carbonyl (C=O) groups excluding carboxylic acids is 1. The van der Waals surface area contributed by atoms with Crippen LogP contribution in [-0.2, 0) is 4.79 Å². The van der Waals surface area contributed by atoms with Gasteiger partial charge in [0, 0.05) is 19.2 Å². The molecule has 0 radical (unpaired) electrons. The molecule has 15 heavy (non-hydrogen) atoms. The first-order valence-electron chi connectivity index (χ1n) is 5.44. The van der Waals surface area contributed by atoms with E-state index < -0.39 is 0 Å². The molecule has 0 bridgehead atoms. The zero-order chi connectivity index (χ0) is 11.3. The van der Waals surface area contributed by atoms with E-state index in [9.17, 15) is 4.79 Å². The normalized spacial score (nSPS) is 10.4. The number of anilines is 1. The lowest BCUT2D eigenvalue weighted by atomic mass is 10.1. The molecule has 82 valence electrons. The number of amides is 1. The van der Waals surface area contributed by atoms with Gasteiger partial charge in [-0.2, -0.15) is 0 Å². The van der Waals surface area contributed by atoms with Crippen LogP contribution in [0.2, 0.25) is 0 Å². The van der Waals surface area contributed by atoms with Crippen molar-refractivity contribution in [2.45, 2.75) is 27.2 Å². The van der Waals surface area contributed by atoms with Gasteiger partial charge in [0.25, 0.3) is 0 Å². The minimum atomic E-state index is 0.113. The van der Waals surface area contributed by atoms with Crippen molar-refractivity contribution < 1.29 is 4.79 Å². The van der Waals surface area contributed by atoms with E-state index in [1.54, 1.807) is 6.92 Å². The molecule has 0 unspecified atom stereocenters. The fourth-order valence-corrected chi connectivity index (χ4v) is 1.46. The van der Waals surface area contributed by atoms with E-state index in [0.717, 1.165) is 18.7 Å². The summed E-state index contributed by atoms with van der Waals surface area (Å²) in [5, 5.41) is 0. The molecule has 0 N–H and O–H groups in total. The van der Waals surface area contributed by atoms with Crippen LogP contribution in [0, 0.1) is 5.92 Å².